The number of hydrogen-bond donors (Lipinski definition) is 5. The zero-order valence-corrected chi connectivity index (χ0v) is 29.9. The van der Waals surface area contributed by atoms with Gasteiger partial charge in [0.15, 0.2) is 0 Å². The van der Waals surface area contributed by atoms with Crippen LogP contribution in [0.1, 0.15) is 85.6 Å². The Morgan fingerprint density at radius 1 is 0.787 bits per heavy atom. The van der Waals surface area contributed by atoms with Crippen LogP contribution in [0.2, 0.25) is 0 Å². The smallest absolute Gasteiger partial charge is 0.246 e. The lowest BCUT2D eigenvalue weighted by Gasteiger charge is -2.25. The van der Waals surface area contributed by atoms with Gasteiger partial charge in [0.2, 0.25) is 29.5 Å². The minimum Gasteiger partial charge on any atom is -0.379 e. The molecule has 12 heteroatoms. The van der Waals surface area contributed by atoms with Crippen molar-refractivity contribution < 1.29 is 28.7 Å². The molecule has 0 aliphatic rings. The SMILES string of the molecule is CCCC(=O)NCCOCCC(=O)N(C)CCCN[C@@H](CC(C)C)C(=O)N[C@@H](C)C(=O)N[C@@H](CC(C)C)C(=O)Nc1ccc(C)cc1. The molecule has 5 amide bonds. The molecule has 1 aromatic carbocycles. The summed E-state index contributed by atoms with van der Waals surface area (Å²) in [7, 11) is 1.74. The lowest BCUT2D eigenvalue weighted by molar-refractivity contribution is -0.132. The Bertz CT molecular complexity index is 1110. The number of ether oxygens (including phenoxy) is 1. The van der Waals surface area contributed by atoms with E-state index in [0.717, 1.165) is 12.0 Å². The normalized spacial score (nSPS) is 13.1. The van der Waals surface area contributed by atoms with Crippen LogP contribution >= 0.6 is 0 Å². The summed E-state index contributed by atoms with van der Waals surface area (Å²) in [4.78, 5) is 64.9. The average Bonchev–Trinajstić information content (AvgIpc) is 3.00. The van der Waals surface area contributed by atoms with Crippen LogP contribution in [0.5, 0.6) is 0 Å². The molecular weight excluding hydrogens is 600 g/mol. The Kier molecular flexibility index (Phi) is 20.2. The average molecular weight is 661 g/mol. The van der Waals surface area contributed by atoms with E-state index in [1.807, 2.05) is 65.8 Å². The highest BCUT2D eigenvalue weighted by atomic mass is 16.5. The van der Waals surface area contributed by atoms with Gasteiger partial charge in [-0.15, -0.1) is 0 Å². The first-order valence-electron chi connectivity index (χ1n) is 17.0. The number of anilines is 1. The Morgan fingerprint density at radius 2 is 1.43 bits per heavy atom. The highest BCUT2D eigenvalue weighted by molar-refractivity contribution is 5.98. The van der Waals surface area contributed by atoms with Crippen molar-refractivity contribution in [2.45, 2.75) is 105 Å². The molecule has 0 aliphatic carbocycles. The first kappa shape index (κ1) is 41.5. The van der Waals surface area contributed by atoms with E-state index in [4.69, 9.17) is 4.74 Å². The van der Waals surface area contributed by atoms with E-state index < -0.39 is 24.0 Å². The predicted octanol–water partition coefficient (Wildman–Crippen LogP) is 3.14. The Balaban J connectivity index is 2.54. The first-order valence-corrected chi connectivity index (χ1v) is 17.0. The van der Waals surface area contributed by atoms with Gasteiger partial charge in [-0.25, -0.2) is 0 Å². The quantitative estimate of drug-likeness (QED) is 0.113. The number of rotatable bonds is 23. The molecular formula is C35H60N6O6. The van der Waals surface area contributed by atoms with Gasteiger partial charge in [0.05, 0.1) is 25.7 Å². The van der Waals surface area contributed by atoms with Crippen molar-refractivity contribution in [1.82, 2.24) is 26.2 Å². The fourth-order valence-electron chi connectivity index (χ4n) is 4.75. The van der Waals surface area contributed by atoms with E-state index in [0.29, 0.717) is 57.6 Å². The molecule has 0 bridgehead atoms. The van der Waals surface area contributed by atoms with Gasteiger partial charge in [0.1, 0.15) is 12.1 Å². The molecule has 0 aromatic heterocycles. The molecule has 12 nitrogen and oxygen atoms in total. The summed E-state index contributed by atoms with van der Waals surface area (Å²) in [6.07, 6.45) is 3.19. The molecule has 0 aliphatic heterocycles. The number of aryl methyl sites for hydroxylation is 1. The molecule has 3 atom stereocenters. The van der Waals surface area contributed by atoms with E-state index in [9.17, 15) is 24.0 Å². The Labute approximate surface area is 281 Å². The minimum absolute atomic E-state index is 0.000429. The molecule has 0 heterocycles. The summed E-state index contributed by atoms with van der Waals surface area (Å²) in [5.41, 5.74) is 1.73. The van der Waals surface area contributed by atoms with Crippen molar-refractivity contribution >= 4 is 35.2 Å². The summed E-state index contributed by atoms with van der Waals surface area (Å²) in [5.74, 6) is -0.689. The molecule has 0 unspecified atom stereocenters. The second-order valence-corrected chi connectivity index (χ2v) is 13.0. The van der Waals surface area contributed by atoms with Gasteiger partial charge in [-0.1, -0.05) is 52.3 Å². The number of nitrogens with one attached hydrogen (secondary N) is 5. The molecule has 1 rings (SSSR count). The maximum absolute atomic E-state index is 13.2. The summed E-state index contributed by atoms with van der Waals surface area (Å²) < 4.78 is 5.46. The van der Waals surface area contributed by atoms with Crippen molar-refractivity contribution in [3.63, 3.8) is 0 Å². The summed E-state index contributed by atoms with van der Waals surface area (Å²) >= 11 is 0. The maximum atomic E-state index is 13.2. The highest BCUT2D eigenvalue weighted by Gasteiger charge is 2.27. The number of benzene rings is 1. The summed E-state index contributed by atoms with van der Waals surface area (Å²) in [6, 6.07) is 5.32. The van der Waals surface area contributed by atoms with Crippen molar-refractivity contribution in [1.29, 1.82) is 0 Å². The summed E-state index contributed by atoms with van der Waals surface area (Å²) in [6.45, 7) is 15.6. The number of nitrogens with zero attached hydrogens (tertiary/aromatic N) is 1. The molecule has 0 fully saturated rings. The Hall–Kier alpha value is -3.51. The van der Waals surface area contributed by atoms with Gasteiger partial charge in [-0.2, -0.15) is 0 Å². The van der Waals surface area contributed by atoms with Crippen molar-refractivity contribution in [3.8, 4) is 0 Å². The fourth-order valence-corrected chi connectivity index (χ4v) is 4.75. The van der Waals surface area contributed by atoms with Gasteiger partial charge in [0, 0.05) is 32.2 Å². The molecule has 1 aromatic rings. The standard InChI is InChI=1S/C35H60N6O6/c1-9-11-31(42)37-18-21-47-20-16-32(43)41(8)19-10-17-36-29(22-24(2)3)34(45)38-27(7)33(44)40-30(23-25(4)5)35(46)39-28-14-12-26(6)13-15-28/h12-15,24-25,27,29-30,36H,9-11,16-23H2,1-8H3,(H,37,42)(H,38,45)(H,39,46)(H,40,44)/t27-,29-,30-/m0/s1. The van der Waals surface area contributed by atoms with E-state index in [1.54, 1.807) is 18.9 Å². The van der Waals surface area contributed by atoms with Crippen LogP contribution in [0, 0.1) is 18.8 Å². The van der Waals surface area contributed by atoms with Crippen LogP contribution in [0.25, 0.3) is 0 Å². The molecule has 0 saturated heterocycles. The van der Waals surface area contributed by atoms with Crippen LogP contribution in [0.4, 0.5) is 5.69 Å². The predicted molar refractivity (Wildman–Crippen MR) is 186 cm³/mol. The molecule has 0 radical (unpaired) electrons. The van der Waals surface area contributed by atoms with Gasteiger partial charge in [-0.3, -0.25) is 24.0 Å². The number of carbonyl (C=O) groups excluding carboxylic acids is 5. The zero-order valence-electron chi connectivity index (χ0n) is 29.9. The topological polar surface area (TPSA) is 158 Å². The van der Waals surface area contributed by atoms with Gasteiger partial charge in [-0.05, 0) is 70.0 Å². The largest absolute Gasteiger partial charge is 0.379 e. The van der Waals surface area contributed by atoms with Crippen molar-refractivity contribution in [2.75, 3.05) is 45.2 Å². The lowest BCUT2D eigenvalue weighted by Crippen LogP contribution is -2.55. The fraction of sp³-hybridized carbons (Fsp3) is 0.686. The minimum atomic E-state index is -0.848. The van der Waals surface area contributed by atoms with Gasteiger partial charge >= 0.3 is 0 Å². The first-order chi connectivity index (χ1) is 22.2. The molecule has 0 saturated carbocycles. The second-order valence-electron chi connectivity index (χ2n) is 13.0. The monoisotopic (exact) mass is 660 g/mol. The van der Waals surface area contributed by atoms with Gasteiger partial charge < -0.3 is 36.2 Å². The summed E-state index contributed by atoms with van der Waals surface area (Å²) in [5, 5.41) is 14.6. The zero-order chi connectivity index (χ0) is 35.4. The van der Waals surface area contributed by atoms with Crippen LogP contribution in [-0.2, 0) is 28.7 Å². The number of amides is 5. The van der Waals surface area contributed by atoms with Gasteiger partial charge in [0.25, 0.3) is 0 Å². The van der Waals surface area contributed by atoms with Crippen LogP contribution in [-0.4, -0.2) is 92.5 Å². The lowest BCUT2D eigenvalue weighted by atomic mass is 10.0. The molecule has 266 valence electrons. The second kappa shape index (κ2) is 22.9. The maximum Gasteiger partial charge on any atom is 0.246 e. The van der Waals surface area contributed by atoms with Crippen LogP contribution in [0.15, 0.2) is 24.3 Å². The molecule has 47 heavy (non-hydrogen) atoms. The van der Waals surface area contributed by atoms with E-state index in [-0.39, 0.29) is 48.5 Å². The number of carbonyl (C=O) groups is 5. The third kappa shape index (κ3) is 18.4. The van der Waals surface area contributed by atoms with E-state index in [2.05, 4.69) is 26.6 Å². The third-order valence-electron chi connectivity index (χ3n) is 7.43. The van der Waals surface area contributed by atoms with Crippen molar-refractivity contribution in [3.05, 3.63) is 29.8 Å². The molecule has 0 spiro atoms. The Morgan fingerprint density at radius 3 is 2.04 bits per heavy atom. The van der Waals surface area contributed by atoms with E-state index in [1.165, 1.54) is 0 Å². The van der Waals surface area contributed by atoms with Crippen LogP contribution in [0.3, 0.4) is 0 Å². The van der Waals surface area contributed by atoms with E-state index >= 15 is 0 Å². The third-order valence-corrected chi connectivity index (χ3v) is 7.43. The van der Waals surface area contributed by atoms with Crippen molar-refractivity contribution in [2.24, 2.45) is 11.8 Å². The highest BCUT2D eigenvalue weighted by Crippen LogP contribution is 2.12. The molecule has 5 N–H and O–H groups in total. The van der Waals surface area contributed by atoms with Crippen LogP contribution < -0.4 is 26.6 Å². The number of hydrogen-bond acceptors (Lipinski definition) is 7.